The molecule has 1 aromatic carbocycles. The van der Waals surface area contributed by atoms with Crippen molar-refractivity contribution < 1.29 is 0 Å². The van der Waals surface area contributed by atoms with Gasteiger partial charge < -0.3 is 11.1 Å². The van der Waals surface area contributed by atoms with E-state index in [1.165, 1.54) is 11.1 Å². The number of nitrogens with one attached hydrogen (secondary N) is 1. The Morgan fingerprint density at radius 3 is 2.72 bits per heavy atom. The average molecular weight is 342 g/mol. The van der Waals surface area contributed by atoms with Crippen molar-refractivity contribution in [3.05, 3.63) is 41.2 Å². The third-order valence-corrected chi connectivity index (χ3v) is 5.21. The number of hydrogen-bond donors (Lipinski definition) is 2. The van der Waals surface area contributed by atoms with Crippen LogP contribution < -0.4 is 11.1 Å². The highest BCUT2D eigenvalue weighted by atomic mass is 15.5. The summed E-state index contributed by atoms with van der Waals surface area (Å²) in [4.78, 5) is 0. The molecule has 136 valence electrons. The molecule has 0 saturated heterocycles. The minimum absolute atomic E-state index is 0.0207. The number of tetrazole rings is 1. The van der Waals surface area contributed by atoms with Crippen LogP contribution in [0, 0.1) is 6.92 Å². The standard InChI is InChI=1S/C19H30N6/c1-3-4-13-25-19(22-23-24-25)18(17-8-6-5-7-14(17)2)21-16-11-9-15(20)10-12-16/h5-8,15-16,18,21H,3-4,9-13,20H2,1-2H3. The van der Waals surface area contributed by atoms with Crippen LogP contribution in [-0.2, 0) is 6.54 Å². The number of hydrogen-bond acceptors (Lipinski definition) is 5. The van der Waals surface area contributed by atoms with Crippen LogP contribution in [0.5, 0.6) is 0 Å². The number of aryl methyl sites for hydroxylation is 2. The normalized spacial score (nSPS) is 22.0. The fraction of sp³-hybridized carbons (Fsp3) is 0.632. The summed E-state index contributed by atoms with van der Waals surface area (Å²) in [5.74, 6) is 0.914. The summed E-state index contributed by atoms with van der Waals surface area (Å²) in [6.45, 7) is 5.20. The predicted molar refractivity (Wildman–Crippen MR) is 99.1 cm³/mol. The van der Waals surface area contributed by atoms with Crippen molar-refractivity contribution in [3.8, 4) is 0 Å². The molecule has 0 bridgehead atoms. The van der Waals surface area contributed by atoms with E-state index in [1.807, 2.05) is 4.68 Å². The van der Waals surface area contributed by atoms with Crippen LogP contribution >= 0.6 is 0 Å². The molecule has 1 atom stereocenters. The van der Waals surface area contributed by atoms with Crippen molar-refractivity contribution in [2.45, 2.75) is 77.0 Å². The molecule has 1 aliphatic rings. The molecule has 0 spiro atoms. The Bertz CT molecular complexity index is 659. The van der Waals surface area contributed by atoms with Gasteiger partial charge in [0.25, 0.3) is 0 Å². The second kappa shape index (κ2) is 8.54. The average Bonchev–Trinajstić information content (AvgIpc) is 3.08. The van der Waals surface area contributed by atoms with E-state index in [1.54, 1.807) is 0 Å². The fourth-order valence-corrected chi connectivity index (χ4v) is 3.62. The zero-order valence-electron chi connectivity index (χ0n) is 15.4. The van der Waals surface area contributed by atoms with Crippen LogP contribution in [-0.4, -0.2) is 32.3 Å². The first-order valence-corrected chi connectivity index (χ1v) is 9.52. The molecule has 2 aromatic rings. The summed E-state index contributed by atoms with van der Waals surface area (Å²) in [7, 11) is 0. The molecule has 3 N–H and O–H groups in total. The van der Waals surface area contributed by atoms with E-state index in [9.17, 15) is 0 Å². The molecule has 1 unspecified atom stereocenters. The van der Waals surface area contributed by atoms with Gasteiger partial charge >= 0.3 is 0 Å². The summed E-state index contributed by atoms with van der Waals surface area (Å²) < 4.78 is 1.96. The first kappa shape index (κ1) is 18.0. The molecule has 6 nitrogen and oxygen atoms in total. The van der Waals surface area contributed by atoms with Crippen molar-refractivity contribution in [2.24, 2.45) is 5.73 Å². The number of rotatable bonds is 7. The molecular weight excluding hydrogens is 312 g/mol. The molecule has 1 fully saturated rings. The maximum absolute atomic E-state index is 6.07. The monoisotopic (exact) mass is 342 g/mol. The van der Waals surface area contributed by atoms with Crippen LogP contribution in [0.25, 0.3) is 0 Å². The summed E-state index contributed by atoms with van der Waals surface area (Å²) in [5.41, 5.74) is 8.59. The van der Waals surface area contributed by atoms with Crippen LogP contribution in [0.1, 0.15) is 68.4 Å². The van der Waals surface area contributed by atoms with Crippen LogP contribution in [0.3, 0.4) is 0 Å². The van der Waals surface area contributed by atoms with Gasteiger partial charge in [0.05, 0.1) is 6.04 Å². The van der Waals surface area contributed by atoms with E-state index in [0.717, 1.165) is 50.9 Å². The number of nitrogens with two attached hydrogens (primary N) is 1. The number of benzene rings is 1. The second-order valence-corrected chi connectivity index (χ2v) is 7.18. The topological polar surface area (TPSA) is 81.7 Å². The zero-order valence-corrected chi connectivity index (χ0v) is 15.4. The number of unbranched alkanes of at least 4 members (excludes halogenated alkanes) is 1. The molecule has 25 heavy (non-hydrogen) atoms. The van der Waals surface area contributed by atoms with Crippen LogP contribution in [0.4, 0.5) is 0 Å². The predicted octanol–water partition coefficient (Wildman–Crippen LogP) is 2.73. The van der Waals surface area contributed by atoms with Gasteiger partial charge in [-0.2, -0.15) is 0 Å². The van der Waals surface area contributed by atoms with Crippen molar-refractivity contribution in [1.82, 2.24) is 25.5 Å². The van der Waals surface area contributed by atoms with Crippen molar-refractivity contribution in [1.29, 1.82) is 0 Å². The first-order valence-electron chi connectivity index (χ1n) is 9.52. The summed E-state index contributed by atoms with van der Waals surface area (Å²) in [6, 6.07) is 9.34. The minimum Gasteiger partial charge on any atom is -0.328 e. The van der Waals surface area contributed by atoms with Gasteiger partial charge in [0.1, 0.15) is 0 Å². The Kier molecular flexibility index (Phi) is 6.15. The Balaban J connectivity index is 1.87. The van der Waals surface area contributed by atoms with Gasteiger partial charge in [-0.05, 0) is 60.6 Å². The highest BCUT2D eigenvalue weighted by Crippen LogP contribution is 2.27. The third-order valence-electron chi connectivity index (χ3n) is 5.21. The van der Waals surface area contributed by atoms with E-state index in [4.69, 9.17) is 5.73 Å². The van der Waals surface area contributed by atoms with Gasteiger partial charge in [0, 0.05) is 18.6 Å². The van der Waals surface area contributed by atoms with Crippen molar-refractivity contribution in [2.75, 3.05) is 0 Å². The van der Waals surface area contributed by atoms with E-state index >= 15 is 0 Å². The highest BCUT2D eigenvalue weighted by molar-refractivity contribution is 5.32. The lowest BCUT2D eigenvalue weighted by molar-refractivity contribution is 0.320. The zero-order chi connectivity index (χ0) is 17.6. The second-order valence-electron chi connectivity index (χ2n) is 7.18. The fourth-order valence-electron chi connectivity index (χ4n) is 3.62. The lowest BCUT2D eigenvalue weighted by Crippen LogP contribution is -2.40. The Hall–Kier alpha value is -1.79. The van der Waals surface area contributed by atoms with Gasteiger partial charge in [-0.3, -0.25) is 0 Å². The highest BCUT2D eigenvalue weighted by Gasteiger charge is 2.27. The quantitative estimate of drug-likeness (QED) is 0.808. The van der Waals surface area contributed by atoms with Gasteiger partial charge in [-0.15, -0.1) is 5.10 Å². The molecule has 6 heteroatoms. The molecule has 0 aliphatic heterocycles. The van der Waals surface area contributed by atoms with Gasteiger partial charge in [-0.1, -0.05) is 37.6 Å². The molecule has 1 aliphatic carbocycles. The SMILES string of the molecule is CCCCn1nnnc1C(NC1CCC(N)CC1)c1ccccc1C. The maximum atomic E-state index is 6.07. The molecule has 0 radical (unpaired) electrons. The molecular formula is C19H30N6. The Morgan fingerprint density at radius 1 is 1.24 bits per heavy atom. The Morgan fingerprint density at radius 2 is 2.00 bits per heavy atom. The molecule has 0 amide bonds. The summed E-state index contributed by atoms with van der Waals surface area (Å²) >= 11 is 0. The molecule has 3 rings (SSSR count). The van der Waals surface area contributed by atoms with E-state index in [-0.39, 0.29) is 6.04 Å². The molecule has 1 heterocycles. The first-order chi connectivity index (χ1) is 12.2. The number of nitrogens with zero attached hydrogens (tertiary/aromatic N) is 4. The van der Waals surface area contributed by atoms with E-state index < -0.39 is 0 Å². The largest absolute Gasteiger partial charge is 0.328 e. The van der Waals surface area contributed by atoms with Crippen LogP contribution in [0.15, 0.2) is 24.3 Å². The lowest BCUT2D eigenvalue weighted by atomic mass is 9.90. The van der Waals surface area contributed by atoms with Crippen LogP contribution in [0.2, 0.25) is 0 Å². The van der Waals surface area contributed by atoms with E-state index in [0.29, 0.717) is 12.1 Å². The van der Waals surface area contributed by atoms with Gasteiger partial charge in [0.2, 0.25) is 0 Å². The third kappa shape index (κ3) is 4.44. The Labute approximate surface area is 150 Å². The lowest BCUT2D eigenvalue weighted by Gasteiger charge is -2.31. The van der Waals surface area contributed by atoms with Crippen molar-refractivity contribution in [3.63, 3.8) is 0 Å². The summed E-state index contributed by atoms with van der Waals surface area (Å²) in [5, 5.41) is 16.4. The number of aromatic nitrogens is 4. The molecule has 1 saturated carbocycles. The van der Waals surface area contributed by atoms with Gasteiger partial charge in [0.15, 0.2) is 5.82 Å². The molecule has 1 aromatic heterocycles. The van der Waals surface area contributed by atoms with Gasteiger partial charge in [-0.25, -0.2) is 4.68 Å². The summed E-state index contributed by atoms with van der Waals surface area (Å²) in [6.07, 6.45) is 6.59. The van der Waals surface area contributed by atoms with E-state index in [2.05, 4.69) is 59.0 Å². The van der Waals surface area contributed by atoms with Crippen molar-refractivity contribution >= 4 is 0 Å². The minimum atomic E-state index is 0.0207. The maximum Gasteiger partial charge on any atom is 0.172 e. The smallest absolute Gasteiger partial charge is 0.172 e.